The zero-order valence-corrected chi connectivity index (χ0v) is 24.6. The highest BCUT2D eigenvalue weighted by Crippen LogP contribution is 2.35. The molecule has 0 radical (unpaired) electrons. The molecule has 4 aromatic carbocycles. The highest BCUT2D eigenvalue weighted by atomic mass is 127. The quantitative estimate of drug-likeness (QED) is 0.125. The summed E-state index contributed by atoms with van der Waals surface area (Å²) in [7, 11) is 0. The Kier molecular flexibility index (Phi) is 8.53. The lowest BCUT2D eigenvalue weighted by Crippen LogP contribution is -2.54. The molecule has 1 fully saturated rings. The SMILES string of the molecule is CCOc1ccc(OCC)c(N2C(=O)NC(=O)/C(=C\c3ccc(OCc4cccc5ccccc45)c(I)c3)C2=O)c1. The Morgan fingerprint density at radius 1 is 0.829 bits per heavy atom. The maximum Gasteiger partial charge on any atom is 0.336 e. The molecule has 1 aliphatic heterocycles. The van der Waals surface area contributed by atoms with Crippen molar-refractivity contribution in [2.24, 2.45) is 0 Å². The molecule has 1 saturated heterocycles. The maximum atomic E-state index is 13.5. The molecule has 9 heteroatoms. The number of barbiturate groups is 1. The minimum absolute atomic E-state index is 0.186. The summed E-state index contributed by atoms with van der Waals surface area (Å²) in [6.07, 6.45) is 1.46. The second-order valence-electron chi connectivity index (χ2n) is 9.07. The van der Waals surface area contributed by atoms with Crippen LogP contribution in [-0.4, -0.2) is 31.1 Å². The molecule has 1 aliphatic rings. The predicted octanol–water partition coefficient (Wildman–Crippen LogP) is 6.49. The van der Waals surface area contributed by atoms with E-state index in [9.17, 15) is 14.4 Å². The number of carbonyl (C=O) groups is 3. The minimum Gasteiger partial charge on any atom is -0.494 e. The van der Waals surface area contributed by atoms with E-state index in [-0.39, 0.29) is 11.3 Å². The fourth-order valence-corrected chi connectivity index (χ4v) is 5.24. The third-order valence-electron chi connectivity index (χ3n) is 6.41. The molecule has 0 bridgehead atoms. The van der Waals surface area contributed by atoms with Crippen LogP contribution < -0.4 is 24.4 Å². The van der Waals surface area contributed by atoms with Gasteiger partial charge in [-0.2, -0.15) is 0 Å². The van der Waals surface area contributed by atoms with E-state index in [1.165, 1.54) is 6.08 Å². The van der Waals surface area contributed by atoms with E-state index in [2.05, 4.69) is 46.1 Å². The van der Waals surface area contributed by atoms with Crippen molar-refractivity contribution >= 4 is 63.0 Å². The molecule has 0 atom stereocenters. The van der Waals surface area contributed by atoms with Crippen molar-refractivity contribution in [3.8, 4) is 17.2 Å². The number of imide groups is 2. The molecule has 5 rings (SSSR count). The first kappa shape index (κ1) is 28.2. The van der Waals surface area contributed by atoms with Gasteiger partial charge in [-0.25, -0.2) is 9.69 Å². The van der Waals surface area contributed by atoms with Gasteiger partial charge in [-0.3, -0.25) is 14.9 Å². The number of urea groups is 1. The molecule has 8 nitrogen and oxygen atoms in total. The van der Waals surface area contributed by atoms with Crippen molar-refractivity contribution in [3.63, 3.8) is 0 Å². The number of hydrogen-bond donors (Lipinski definition) is 1. The number of nitrogens with one attached hydrogen (secondary N) is 1. The summed E-state index contributed by atoms with van der Waals surface area (Å²) in [5, 5.41) is 4.54. The van der Waals surface area contributed by atoms with Crippen molar-refractivity contribution < 1.29 is 28.6 Å². The van der Waals surface area contributed by atoms with Gasteiger partial charge in [-0.05, 0) is 88.7 Å². The van der Waals surface area contributed by atoms with Gasteiger partial charge in [0.15, 0.2) is 0 Å². The van der Waals surface area contributed by atoms with Crippen LogP contribution in [-0.2, 0) is 16.2 Å². The van der Waals surface area contributed by atoms with E-state index >= 15 is 0 Å². The molecule has 0 saturated carbocycles. The first-order chi connectivity index (χ1) is 19.9. The van der Waals surface area contributed by atoms with Crippen LogP contribution >= 0.6 is 22.6 Å². The second kappa shape index (κ2) is 12.4. The Morgan fingerprint density at radius 3 is 2.37 bits per heavy atom. The van der Waals surface area contributed by atoms with Gasteiger partial charge in [-0.1, -0.05) is 48.5 Å². The van der Waals surface area contributed by atoms with E-state index in [1.54, 1.807) is 37.3 Å². The number of halogens is 1. The van der Waals surface area contributed by atoms with Crippen molar-refractivity contribution in [2.75, 3.05) is 18.1 Å². The molecule has 4 amide bonds. The standard InChI is InChI=1S/C32H27IN2O6/c1-3-39-23-13-15-29(40-4-2)27(18-23)35-31(37)25(30(36)34-32(35)38)16-20-12-14-28(26(33)17-20)41-19-22-10-7-9-21-8-5-6-11-24(21)22/h5-18H,3-4,19H2,1-2H3,(H,34,36,38)/b25-16+. The molecule has 0 aliphatic carbocycles. The van der Waals surface area contributed by atoms with Crippen LogP contribution in [0, 0.1) is 3.57 Å². The Balaban J connectivity index is 1.40. The number of ether oxygens (including phenoxy) is 3. The number of hydrogen-bond acceptors (Lipinski definition) is 6. The minimum atomic E-state index is -0.862. The summed E-state index contributed by atoms with van der Waals surface area (Å²) in [5.74, 6) is -0.0925. The van der Waals surface area contributed by atoms with Gasteiger partial charge in [0, 0.05) is 6.07 Å². The molecule has 1 heterocycles. The maximum absolute atomic E-state index is 13.5. The number of nitrogens with zero attached hydrogens (tertiary/aromatic N) is 1. The zero-order chi connectivity index (χ0) is 28.9. The highest BCUT2D eigenvalue weighted by molar-refractivity contribution is 14.1. The van der Waals surface area contributed by atoms with Crippen LogP contribution in [0.5, 0.6) is 17.2 Å². The molecule has 1 N–H and O–H groups in total. The van der Waals surface area contributed by atoms with Crippen molar-refractivity contribution in [1.82, 2.24) is 5.32 Å². The van der Waals surface area contributed by atoms with Gasteiger partial charge in [0.1, 0.15) is 29.4 Å². The van der Waals surface area contributed by atoms with Gasteiger partial charge < -0.3 is 14.2 Å². The van der Waals surface area contributed by atoms with E-state index in [1.807, 2.05) is 37.3 Å². The van der Waals surface area contributed by atoms with Crippen LogP contribution in [0.4, 0.5) is 10.5 Å². The van der Waals surface area contributed by atoms with E-state index in [0.29, 0.717) is 42.6 Å². The first-order valence-electron chi connectivity index (χ1n) is 13.1. The van der Waals surface area contributed by atoms with Gasteiger partial charge in [0.2, 0.25) is 0 Å². The van der Waals surface area contributed by atoms with E-state index in [0.717, 1.165) is 24.8 Å². The number of fused-ring (bicyclic) bond motifs is 1. The smallest absolute Gasteiger partial charge is 0.336 e. The summed E-state index contributed by atoms with van der Waals surface area (Å²) < 4.78 is 18.1. The number of amides is 4. The third kappa shape index (κ3) is 6.04. The number of anilines is 1. The summed E-state index contributed by atoms with van der Waals surface area (Å²) in [5.41, 5.74) is 1.67. The predicted molar refractivity (Wildman–Crippen MR) is 165 cm³/mol. The van der Waals surface area contributed by atoms with Gasteiger partial charge in [0.05, 0.1) is 22.5 Å². The molecule has 208 valence electrons. The molecule has 0 aromatic heterocycles. The topological polar surface area (TPSA) is 94.2 Å². The lowest BCUT2D eigenvalue weighted by molar-refractivity contribution is -0.122. The second-order valence-corrected chi connectivity index (χ2v) is 10.2. The molecular formula is C32H27IN2O6. The summed E-state index contributed by atoms with van der Waals surface area (Å²) in [4.78, 5) is 40.0. The fourth-order valence-electron chi connectivity index (χ4n) is 4.55. The summed E-state index contributed by atoms with van der Waals surface area (Å²) in [6.45, 7) is 4.73. The Bertz CT molecular complexity index is 1680. The van der Waals surface area contributed by atoms with Crippen molar-refractivity contribution in [1.29, 1.82) is 0 Å². The normalized spacial score (nSPS) is 14.4. The monoisotopic (exact) mass is 662 g/mol. The van der Waals surface area contributed by atoms with Crippen LogP contribution in [0.25, 0.3) is 16.8 Å². The number of benzene rings is 4. The lowest BCUT2D eigenvalue weighted by atomic mass is 10.1. The lowest BCUT2D eigenvalue weighted by Gasteiger charge is -2.28. The average molecular weight is 662 g/mol. The van der Waals surface area contributed by atoms with Crippen molar-refractivity contribution in [2.45, 2.75) is 20.5 Å². The van der Waals surface area contributed by atoms with Crippen LogP contribution in [0.2, 0.25) is 0 Å². The van der Waals surface area contributed by atoms with Crippen LogP contribution in [0.1, 0.15) is 25.0 Å². The zero-order valence-electron chi connectivity index (χ0n) is 22.5. The van der Waals surface area contributed by atoms with Gasteiger partial charge in [0.25, 0.3) is 11.8 Å². The molecule has 41 heavy (non-hydrogen) atoms. The Hall–Kier alpha value is -4.38. The molecule has 0 unspecified atom stereocenters. The van der Waals surface area contributed by atoms with E-state index < -0.39 is 17.8 Å². The fraction of sp³-hybridized carbons (Fsp3) is 0.156. The molecular weight excluding hydrogens is 635 g/mol. The largest absolute Gasteiger partial charge is 0.494 e. The molecule has 4 aromatic rings. The Morgan fingerprint density at radius 2 is 1.59 bits per heavy atom. The van der Waals surface area contributed by atoms with Gasteiger partial charge in [-0.15, -0.1) is 0 Å². The first-order valence-corrected chi connectivity index (χ1v) is 14.2. The van der Waals surface area contributed by atoms with Gasteiger partial charge >= 0.3 is 6.03 Å². The van der Waals surface area contributed by atoms with Crippen LogP contribution in [0.15, 0.2) is 84.4 Å². The third-order valence-corrected chi connectivity index (χ3v) is 7.26. The highest BCUT2D eigenvalue weighted by Gasteiger charge is 2.38. The Labute approximate surface area is 251 Å². The number of rotatable bonds is 9. The number of carbonyl (C=O) groups excluding carboxylic acids is 3. The van der Waals surface area contributed by atoms with Crippen LogP contribution in [0.3, 0.4) is 0 Å². The average Bonchev–Trinajstić information content (AvgIpc) is 2.96. The summed E-state index contributed by atoms with van der Waals surface area (Å²) >= 11 is 2.16. The van der Waals surface area contributed by atoms with Crippen molar-refractivity contribution in [3.05, 3.63) is 99.1 Å². The summed E-state index contributed by atoms with van der Waals surface area (Å²) in [6, 6.07) is 23.6. The van der Waals surface area contributed by atoms with E-state index in [4.69, 9.17) is 14.2 Å². The molecule has 0 spiro atoms.